The van der Waals surface area contributed by atoms with E-state index < -0.39 is 5.41 Å². The monoisotopic (exact) mass is 546 g/mol. The first-order valence-electron chi connectivity index (χ1n) is 13.7. The van der Waals surface area contributed by atoms with Gasteiger partial charge in [-0.05, 0) is 42.7 Å². The summed E-state index contributed by atoms with van der Waals surface area (Å²) >= 11 is 6.10. The van der Waals surface area contributed by atoms with Crippen LogP contribution in [0.1, 0.15) is 38.2 Å². The summed E-state index contributed by atoms with van der Waals surface area (Å²) in [5.74, 6) is 2.28. The number of carbonyl (C=O) groups excluding carboxylic acids is 2. The van der Waals surface area contributed by atoms with E-state index in [1.54, 1.807) is 0 Å². The third-order valence-corrected chi connectivity index (χ3v) is 7.96. The number of anilines is 2. The Bertz CT molecular complexity index is 1290. The fraction of sp³-hybridized carbons (Fsp3) is 0.400. The van der Waals surface area contributed by atoms with Gasteiger partial charge in [0.05, 0.1) is 5.41 Å². The molecule has 1 aliphatic carbocycles. The van der Waals surface area contributed by atoms with Gasteiger partial charge >= 0.3 is 0 Å². The number of hydrogen-bond donors (Lipinski definition) is 2. The highest BCUT2D eigenvalue weighted by Gasteiger charge is 2.45. The molecule has 1 saturated carbocycles. The molecule has 1 aromatic heterocycles. The van der Waals surface area contributed by atoms with E-state index in [-0.39, 0.29) is 11.8 Å². The number of carbonyl (C=O) groups is 2. The first-order valence-corrected chi connectivity index (χ1v) is 14.1. The van der Waals surface area contributed by atoms with Crippen molar-refractivity contribution in [2.24, 2.45) is 0 Å². The maximum atomic E-state index is 13.9. The SMILES string of the molecule is CC(=O)NCCNc1cc(N2CCN(C(=O)C3(c4ccccc4)CCCC3)CC2)nc(-c2ccc(Cl)cc2)n1. The molecule has 39 heavy (non-hydrogen) atoms. The maximum Gasteiger partial charge on any atom is 0.233 e. The zero-order valence-corrected chi connectivity index (χ0v) is 23.1. The number of rotatable bonds is 8. The van der Waals surface area contributed by atoms with Crippen LogP contribution in [0.3, 0.4) is 0 Å². The minimum Gasteiger partial charge on any atom is -0.368 e. The van der Waals surface area contributed by atoms with Crippen LogP contribution in [0.5, 0.6) is 0 Å². The van der Waals surface area contributed by atoms with Gasteiger partial charge in [-0.2, -0.15) is 0 Å². The van der Waals surface area contributed by atoms with Crippen LogP contribution in [-0.2, 0) is 15.0 Å². The van der Waals surface area contributed by atoms with Crippen molar-refractivity contribution in [2.45, 2.75) is 38.0 Å². The van der Waals surface area contributed by atoms with Crippen molar-refractivity contribution < 1.29 is 9.59 Å². The van der Waals surface area contributed by atoms with Gasteiger partial charge < -0.3 is 20.4 Å². The molecule has 2 heterocycles. The topological polar surface area (TPSA) is 90.5 Å². The Morgan fingerprint density at radius 2 is 1.62 bits per heavy atom. The Labute approximate surface area is 234 Å². The molecule has 9 heteroatoms. The van der Waals surface area contributed by atoms with E-state index in [2.05, 4.69) is 27.7 Å². The number of nitrogens with zero attached hydrogens (tertiary/aromatic N) is 4. The van der Waals surface area contributed by atoms with Crippen molar-refractivity contribution in [3.63, 3.8) is 0 Å². The fourth-order valence-electron chi connectivity index (χ4n) is 5.65. The highest BCUT2D eigenvalue weighted by molar-refractivity contribution is 6.30. The van der Waals surface area contributed by atoms with Crippen LogP contribution in [0.4, 0.5) is 11.6 Å². The van der Waals surface area contributed by atoms with E-state index in [0.717, 1.165) is 42.6 Å². The molecule has 5 rings (SSSR count). The number of aromatic nitrogens is 2. The molecule has 2 aromatic carbocycles. The molecule has 0 radical (unpaired) electrons. The summed E-state index contributed by atoms with van der Waals surface area (Å²) < 4.78 is 0. The first kappa shape index (κ1) is 26.9. The zero-order valence-electron chi connectivity index (χ0n) is 22.3. The van der Waals surface area contributed by atoms with E-state index in [1.807, 2.05) is 53.4 Å². The van der Waals surface area contributed by atoms with Crippen LogP contribution in [0, 0.1) is 0 Å². The normalized spacial score (nSPS) is 16.7. The zero-order chi connectivity index (χ0) is 27.2. The smallest absolute Gasteiger partial charge is 0.233 e. The van der Waals surface area contributed by atoms with E-state index >= 15 is 0 Å². The van der Waals surface area contributed by atoms with Crippen LogP contribution in [0.2, 0.25) is 5.02 Å². The number of halogens is 1. The summed E-state index contributed by atoms with van der Waals surface area (Å²) in [7, 11) is 0. The van der Waals surface area contributed by atoms with E-state index in [1.165, 1.54) is 6.92 Å². The van der Waals surface area contributed by atoms with Crippen molar-refractivity contribution in [1.82, 2.24) is 20.2 Å². The van der Waals surface area contributed by atoms with Gasteiger partial charge in [-0.25, -0.2) is 9.97 Å². The minimum atomic E-state index is -0.398. The molecule has 1 aliphatic heterocycles. The van der Waals surface area contributed by atoms with Gasteiger partial charge in [0.15, 0.2) is 5.82 Å². The second-order valence-electron chi connectivity index (χ2n) is 10.3. The molecule has 8 nitrogen and oxygen atoms in total. The number of hydrogen-bond acceptors (Lipinski definition) is 6. The Balaban J connectivity index is 1.32. The maximum absolute atomic E-state index is 13.9. The summed E-state index contributed by atoms with van der Waals surface area (Å²) in [6.07, 6.45) is 4.01. The van der Waals surface area contributed by atoms with Crippen LogP contribution in [0.15, 0.2) is 60.7 Å². The van der Waals surface area contributed by atoms with Gasteiger partial charge in [0.2, 0.25) is 11.8 Å². The first-order chi connectivity index (χ1) is 18.9. The Hall–Kier alpha value is -3.65. The molecular weight excluding hydrogens is 512 g/mol. The molecule has 0 bridgehead atoms. The molecule has 204 valence electrons. The summed E-state index contributed by atoms with van der Waals surface area (Å²) in [5.41, 5.74) is 1.62. The highest BCUT2D eigenvalue weighted by atomic mass is 35.5. The van der Waals surface area contributed by atoms with E-state index in [9.17, 15) is 9.59 Å². The largest absolute Gasteiger partial charge is 0.368 e. The Morgan fingerprint density at radius 3 is 2.28 bits per heavy atom. The predicted molar refractivity (Wildman–Crippen MR) is 155 cm³/mol. The fourth-order valence-corrected chi connectivity index (χ4v) is 5.77. The Kier molecular flexibility index (Phi) is 8.31. The van der Waals surface area contributed by atoms with Crippen molar-refractivity contribution >= 4 is 35.1 Å². The van der Waals surface area contributed by atoms with Gasteiger partial charge in [-0.1, -0.05) is 54.8 Å². The molecule has 2 aliphatic rings. The van der Waals surface area contributed by atoms with Crippen molar-refractivity contribution in [3.8, 4) is 11.4 Å². The van der Waals surface area contributed by atoms with Crippen molar-refractivity contribution in [2.75, 3.05) is 49.5 Å². The van der Waals surface area contributed by atoms with Crippen LogP contribution in [-0.4, -0.2) is 66.0 Å². The van der Waals surface area contributed by atoms with Crippen LogP contribution < -0.4 is 15.5 Å². The number of nitrogens with one attached hydrogen (secondary N) is 2. The summed E-state index contributed by atoms with van der Waals surface area (Å²) in [6, 6.07) is 19.7. The molecule has 2 fully saturated rings. The number of piperazine rings is 1. The van der Waals surface area contributed by atoms with Gasteiger partial charge in [0, 0.05) is 62.8 Å². The summed E-state index contributed by atoms with van der Waals surface area (Å²) in [4.78, 5) is 39.0. The average molecular weight is 547 g/mol. The third kappa shape index (κ3) is 6.17. The molecule has 3 aromatic rings. The lowest BCUT2D eigenvalue weighted by molar-refractivity contribution is -0.137. The summed E-state index contributed by atoms with van der Waals surface area (Å²) in [5, 5.41) is 6.75. The Morgan fingerprint density at radius 1 is 0.923 bits per heavy atom. The molecule has 0 spiro atoms. The minimum absolute atomic E-state index is 0.0684. The number of benzene rings is 2. The van der Waals surface area contributed by atoms with Gasteiger partial charge in [0.1, 0.15) is 11.6 Å². The van der Waals surface area contributed by atoms with E-state index in [0.29, 0.717) is 55.9 Å². The average Bonchev–Trinajstić information content (AvgIpc) is 3.47. The molecule has 0 atom stereocenters. The molecule has 2 N–H and O–H groups in total. The van der Waals surface area contributed by atoms with E-state index in [4.69, 9.17) is 21.6 Å². The van der Waals surface area contributed by atoms with Crippen molar-refractivity contribution in [1.29, 1.82) is 0 Å². The number of amides is 2. The van der Waals surface area contributed by atoms with Crippen molar-refractivity contribution in [3.05, 3.63) is 71.2 Å². The molecule has 0 unspecified atom stereocenters. The summed E-state index contributed by atoms with van der Waals surface area (Å²) in [6.45, 7) is 5.23. The predicted octanol–water partition coefficient (Wildman–Crippen LogP) is 4.51. The molecule has 1 saturated heterocycles. The van der Waals surface area contributed by atoms with Crippen LogP contribution >= 0.6 is 11.6 Å². The third-order valence-electron chi connectivity index (χ3n) is 7.70. The van der Waals surface area contributed by atoms with Gasteiger partial charge in [-0.15, -0.1) is 0 Å². The van der Waals surface area contributed by atoms with Gasteiger partial charge in [-0.3, -0.25) is 9.59 Å². The second kappa shape index (κ2) is 12.0. The second-order valence-corrected chi connectivity index (χ2v) is 10.7. The highest BCUT2D eigenvalue weighted by Crippen LogP contribution is 2.42. The quantitative estimate of drug-likeness (QED) is 0.404. The van der Waals surface area contributed by atoms with Crippen LogP contribution in [0.25, 0.3) is 11.4 Å². The molecular formula is C30H35ClN6O2. The molecule has 2 amide bonds. The lowest BCUT2D eigenvalue weighted by atomic mass is 9.77. The lowest BCUT2D eigenvalue weighted by Gasteiger charge is -2.40. The lowest BCUT2D eigenvalue weighted by Crippen LogP contribution is -2.54. The van der Waals surface area contributed by atoms with Gasteiger partial charge in [0.25, 0.3) is 0 Å². The standard InChI is InChI=1S/C30H35ClN6O2/c1-22(38)32-15-16-33-26-21-27(35-28(34-26)23-9-11-25(31)12-10-23)36-17-19-37(20-18-36)29(39)30(13-5-6-14-30)24-7-3-2-4-8-24/h2-4,7-12,21H,5-6,13-20H2,1H3,(H,32,38)(H,33,34,35).